The number of thiazole rings is 1. The lowest BCUT2D eigenvalue weighted by Gasteiger charge is -2.09. The minimum atomic E-state index is -1.04. The normalized spacial score (nSPS) is 12.1. The van der Waals surface area contributed by atoms with Gasteiger partial charge in [0, 0.05) is 25.5 Å². The molecule has 17 heavy (non-hydrogen) atoms. The summed E-state index contributed by atoms with van der Waals surface area (Å²) in [7, 11) is 1.46. The number of amides is 1. The number of carbonyl (C=O) groups excluding carboxylic acids is 1. The van der Waals surface area contributed by atoms with Gasteiger partial charge in [0.05, 0.1) is 5.01 Å². The molecule has 1 atom stereocenters. The van der Waals surface area contributed by atoms with Crippen LogP contribution in [0.2, 0.25) is 0 Å². The molecule has 0 aromatic carbocycles. The SMILES string of the molecule is COC(C)C(=O)NCCc1nc(C(=O)O)cs1. The van der Waals surface area contributed by atoms with Crippen LogP contribution in [0.1, 0.15) is 22.4 Å². The van der Waals surface area contributed by atoms with Gasteiger partial charge >= 0.3 is 5.97 Å². The molecule has 0 aliphatic rings. The van der Waals surface area contributed by atoms with Gasteiger partial charge in [-0.1, -0.05) is 0 Å². The molecular weight excluding hydrogens is 244 g/mol. The second-order valence-electron chi connectivity index (χ2n) is 3.35. The molecule has 0 aliphatic carbocycles. The zero-order chi connectivity index (χ0) is 12.8. The summed E-state index contributed by atoms with van der Waals surface area (Å²) >= 11 is 1.27. The molecule has 0 aliphatic heterocycles. The second kappa shape index (κ2) is 6.31. The molecule has 1 aromatic rings. The summed E-state index contributed by atoms with van der Waals surface area (Å²) in [5, 5.41) is 13.5. The molecule has 6 nitrogen and oxygen atoms in total. The highest BCUT2D eigenvalue weighted by molar-refractivity contribution is 7.09. The monoisotopic (exact) mass is 258 g/mol. The predicted molar refractivity (Wildman–Crippen MR) is 62.3 cm³/mol. The van der Waals surface area contributed by atoms with Crippen LogP contribution in [0, 0.1) is 0 Å². The standard InChI is InChI=1S/C10H14N2O4S/c1-6(16-2)9(13)11-4-3-8-12-7(5-17-8)10(14)15/h5-6H,3-4H2,1-2H3,(H,11,13)(H,14,15). The Balaban J connectivity index is 2.35. The number of hydrogen-bond donors (Lipinski definition) is 2. The third-order valence-electron chi connectivity index (χ3n) is 2.13. The number of ether oxygens (including phenoxy) is 1. The average Bonchev–Trinajstić information content (AvgIpc) is 2.76. The summed E-state index contributed by atoms with van der Waals surface area (Å²) < 4.78 is 4.85. The van der Waals surface area contributed by atoms with E-state index in [0.717, 1.165) is 0 Å². The molecule has 94 valence electrons. The lowest BCUT2D eigenvalue weighted by Crippen LogP contribution is -2.35. The molecule has 1 rings (SSSR count). The fourth-order valence-corrected chi connectivity index (χ4v) is 1.84. The molecule has 1 unspecified atom stereocenters. The Morgan fingerprint density at radius 3 is 2.88 bits per heavy atom. The highest BCUT2D eigenvalue weighted by Gasteiger charge is 2.11. The van der Waals surface area contributed by atoms with Crippen LogP contribution in [0.25, 0.3) is 0 Å². The first-order chi connectivity index (χ1) is 8.04. The maximum absolute atomic E-state index is 11.3. The van der Waals surface area contributed by atoms with Gasteiger partial charge in [-0.25, -0.2) is 9.78 Å². The van der Waals surface area contributed by atoms with E-state index < -0.39 is 12.1 Å². The van der Waals surface area contributed by atoms with Crippen LogP contribution in [-0.2, 0) is 16.0 Å². The molecule has 7 heteroatoms. The van der Waals surface area contributed by atoms with Crippen LogP contribution in [0.5, 0.6) is 0 Å². The molecule has 0 radical (unpaired) electrons. The highest BCUT2D eigenvalue weighted by Crippen LogP contribution is 2.09. The van der Waals surface area contributed by atoms with Crippen molar-refractivity contribution >= 4 is 23.2 Å². The minimum absolute atomic E-state index is 0.0431. The Kier molecular flexibility index (Phi) is 5.05. The molecule has 0 fully saturated rings. The van der Waals surface area contributed by atoms with E-state index in [9.17, 15) is 9.59 Å². The number of nitrogens with one attached hydrogen (secondary N) is 1. The lowest BCUT2D eigenvalue weighted by atomic mass is 10.3. The van der Waals surface area contributed by atoms with Gasteiger partial charge in [0.1, 0.15) is 6.10 Å². The summed E-state index contributed by atoms with van der Waals surface area (Å²) in [6, 6.07) is 0. The van der Waals surface area contributed by atoms with Crippen molar-refractivity contribution in [1.29, 1.82) is 0 Å². The Hall–Kier alpha value is -1.47. The quantitative estimate of drug-likeness (QED) is 0.777. The highest BCUT2D eigenvalue weighted by atomic mass is 32.1. The van der Waals surface area contributed by atoms with Crippen molar-refractivity contribution in [3.8, 4) is 0 Å². The molecule has 0 spiro atoms. The summed E-state index contributed by atoms with van der Waals surface area (Å²) in [6.45, 7) is 2.07. The van der Waals surface area contributed by atoms with Crippen molar-refractivity contribution in [3.05, 3.63) is 16.1 Å². The van der Waals surface area contributed by atoms with E-state index in [0.29, 0.717) is 18.0 Å². The molecule has 1 amide bonds. The van der Waals surface area contributed by atoms with Gasteiger partial charge in [-0.15, -0.1) is 11.3 Å². The van der Waals surface area contributed by atoms with E-state index >= 15 is 0 Å². The number of aromatic nitrogens is 1. The summed E-state index contributed by atoms with van der Waals surface area (Å²) in [6.07, 6.45) is 0.0287. The van der Waals surface area contributed by atoms with Crippen LogP contribution in [-0.4, -0.2) is 41.7 Å². The number of carboxylic acid groups (broad SMARTS) is 1. The predicted octanol–water partition coefficient (Wildman–Crippen LogP) is 0.535. The van der Waals surface area contributed by atoms with Crippen LogP contribution in [0.3, 0.4) is 0 Å². The molecule has 1 aromatic heterocycles. The number of hydrogen-bond acceptors (Lipinski definition) is 5. The van der Waals surface area contributed by atoms with Gasteiger partial charge < -0.3 is 15.2 Å². The zero-order valence-electron chi connectivity index (χ0n) is 9.60. The van der Waals surface area contributed by atoms with Gasteiger partial charge in [0.2, 0.25) is 5.91 Å². The topological polar surface area (TPSA) is 88.5 Å². The van der Waals surface area contributed by atoms with E-state index in [2.05, 4.69) is 10.3 Å². The summed E-state index contributed by atoms with van der Waals surface area (Å²) in [5.41, 5.74) is 0.0431. The average molecular weight is 258 g/mol. The van der Waals surface area contributed by atoms with Crippen molar-refractivity contribution in [2.45, 2.75) is 19.4 Å². The van der Waals surface area contributed by atoms with Crippen molar-refractivity contribution in [2.24, 2.45) is 0 Å². The Morgan fingerprint density at radius 2 is 2.35 bits per heavy atom. The molecule has 0 saturated carbocycles. The Labute approximate surface area is 103 Å². The van der Waals surface area contributed by atoms with E-state index in [1.807, 2.05) is 0 Å². The second-order valence-corrected chi connectivity index (χ2v) is 4.29. The minimum Gasteiger partial charge on any atom is -0.476 e. The fraction of sp³-hybridized carbons (Fsp3) is 0.500. The number of methoxy groups -OCH3 is 1. The van der Waals surface area contributed by atoms with Crippen molar-refractivity contribution < 1.29 is 19.4 Å². The van der Waals surface area contributed by atoms with E-state index in [-0.39, 0.29) is 11.6 Å². The van der Waals surface area contributed by atoms with Gasteiger partial charge in [0.15, 0.2) is 5.69 Å². The first-order valence-electron chi connectivity index (χ1n) is 5.02. The third kappa shape index (κ3) is 4.12. The number of carbonyl (C=O) groups is 2. The molecular formula is C10H14N2O4S. The van der Waals surface area contributed by atoms with Crippen molar-refractivity contribution in [1.82, 2.24) is 10.3 Å². The smallest absolute Gasteiger partial charge is 0.355 e. The van der Waals surface area contributed by atoms with Crippen LogP contribution >= 0.6 is 11.3 Å². The van der Waals surface area contributed by atoms with Crippen LogP contribution < -0.4 is 5.32 Å². The third-order valence-corrected chi connectivity index (χ3v) is 3.04. The number of aromatic carboxylic acids is 1. The van der Waals surface area contributed by atoms with Crippen LogP contribution in [0.4, 0.5) is 0 Å². The number of nitrogens with zero attached hydrogens (tertiary/aromatic N) is 1. The number of carboxylic acids is 1. The van der Waals surface area contributed by atoms with E-state index in [1.54, 1.807) is 6.92 Å². The Bertz CT molecular complexity index is 405. The fourth-order valence-electron chi connectivity index (χ4n) is 1.07. The lowest BCUT2D eigenvalue weighted by molar-refractivity contribution is -0.129. The van der Waals surface area contributed by atoms with E-state index in [1.165, 1.54) is 23.8 Å². The van der Waals surface area contributed by atoms with E-state index in [4.69, 9.17) is 9.84 Å². The van der Waals surface area contributed by atoms with Gasteiger partial charge in [-0.2, -0.15) is 0 Å². The summed E-state index contributed by atoms with van der Waals surface area (Å²) in [5.74, 6) is -1.23. The Morgan fingerprint density at radius 1 is 1.65 bits per heavy atom. The first kappa shape index (κ1) is 13.6. The largest absolute Gasteiger partial charge is 0.476 e. The van der Waals surface area contributed by atoms with Crippen molar-refractivity contribution in [2.75, 3.05) is 13.7 Å². The summed E-state index contributed by atoms with van der Waals surface area (Å²) in [4.78, 5) is 25.8. The van der Waals surface area contributed by atoms with Crippen molar-refractivity contribution in [3.63, 3.8) is 0 Å². The van der Waals surface area contributed by atoms with Gasteiger partial charge in [-0.05, 0) is 6.92 Å². The molecule has 2 N–H and O–H groups in total. The van der Waals surface area contributed by atoms with Gasteiger partial charge in [-0.3, -0.25) is 4.79 Å². The zero-order valence-corrected chi connectivity index (χ0v) is 10.4. The maximum atomic E-state index is 11.3. The van der Waals surface area contributed by atoms with Crippen LogP contribution in [0.15, 0.2) is 5.38 Å². The molecule has 1 heterocycles. The number of rotatable bonds is 6. The first-order valence-corrected chi connectivity index (χ1v) is 5.90. The maximum Gasteiger partial charge on any atom is 0.355 e. The molecule has 0 saturated heterocycles. The molecule has 0 bridgehead atoms. The van der Waals surface area contributed by atoms with Gasteiger partial charge in [0.25, 0.3) is 0 Å².